The average molecular weight is 299 g/mol. The van der Waals surface area contributed by atoms with E-state index in [1.165, 1.54) is 11.8 Å². The Morgan fingerprint density at radius 3 is 2.44 bits per heavy atom. The van der Waals surface area contributed by atoms with Gasteiger partial charge in [0, 0.05) is 4.90 Å². The Kier molecular flexibility index (Phi) is 4.81. The highest BCUT2D eigenvalue weighted by Crippen LogP contribution is 2.39. The molecule has 0 N–H and O–H groups in total. The summed E-state index contributed by atoms with van der Waals surface area (Å²) in [5.74, 6) is 0.661. The number of hydrogen-bond acceptors (Lipinski definition) is 2. The number of thioether (sulfide) groups is 1. The summed E-state index contributed by atoms with van der Waals surface area (Å²) >= 11 is 13.8. The molecule has 2 aromatic rings. The number of ether oxygens (including phenoxy) is 1. The molecule has 0 heterocycles. The molecule has 0 fully saturated rings. The van der Waals surface area contributed by atoms with Crippen LogP contribution in [0.15, 0.2) is 47.4 Å². The van der Waals surface area contributed by atoms with E-state index in [0.717, 1.165) is 10.5 Å². The Morgan fingerprint density at radius 2 is 1.78 bits per heavy atom. The predicted octanol–water partition coefficient (Wildman–Crippen LogP) is 5.29. The first-order valence-corrected chi connectivity index (χ1v) is 7.39. The molecule has 0 radical (unpaired) electrons. The van der Waals surface area contributed by atoms with Gasteiger partial charge < -0.3 is 4.74 Å². The second-order valence-electron chi connectivity index (χ2n) is 3.67. The van der Waals surface area contributed by atoms with Crippen LogP contribution in [0.5, 0.6) is 5.75 Å². The van der Waals surface area contributed by atoms with Gasteiger partial charge in [-0.15, -0.1) is 11.8 Å². The van der Waals surface area contributed by atoms with Crippen molar-refractivity contribution in [3.8, 4) is 5.75 Å². The normalized spacial score (nSPS) is 10.4. The van der Waals surface area contributed by atoms with E-state index in [-0.39, 0.29) is 0 Å². The molecule has 18 heavy (non-hydrogen) atoms. The van der Waals surface area contributed by atoms with Crippen molar-refractivity contribution in [1.82, 2.24) is 0 Å². The first-order valence-electron chi connectivity index (χ1n) is 5.41. The van der Waals surface area contributed by atoms with Crippen LogP contribution in [-0.4, -0.2) is 6.26 Å². The van der Waals surface area contributed by atoms with Gasteiger partial charge in [0.15, 0.2) is 0 Å². The van der Waals surface area contributed by atoms with Gasteiger partial charge in [-0.1, -0.05) is 53.5 Å². The van der Waals surface area contributed by atoms with Gasteiger partial charge in [-0.05, 0) is 24.0 Å². The van der Waals surface area contributed by atoms with Crippen LogP contribution in [0.1, 0.15) is 5.56 Å². The van der Waals surface area contributed by atoms with E-state index in [1.807, 2.05) is 36.6 Å². The molecule has 0 spiro atoms. The maximum Gasteiger partial charge on any atom is 0.139 e. The van der Waals surface area contributed by atoms with Crippen molar-refractivity contribution in [3.63, 3.8) is 0 Å². The number of hydrogen-bond donors (Lipinski definition) is 0. The maximum atomic E-state index is 6.25. The van der Waals surface area contributed by atoms with Crippen LogP contribution in [0.3, 0.4) is 0 Å². The number of benzene rings is 2. The largest absolute Gasteiger partial charge is 0.487 e. The lowest BCUT2D eigenvalue weighted by atomic mass is 10.2. The van der Waals surface area contributed by atoms with Gasteiger partial charge in [0.2, 0.25) is 0 Å². The molecular formula is C14H12Cl2OS. The average Bonchev–Trinajstić information content (AvgIpc) is 2.40. The monoisotopic (exact) mass is 298 g/mol. The lowest BCUT2D eigenvalue weighted by molar-refractivity contribution is 0.305. The van der Waals surface area contributed by atoms with Gasteiger partial charge in [0.1, 0.15) is 12.4 Å². The summed E-state index contributed by atoms with van der Waals surface area (Å²) < 4.78 is 5.72. The highest BCUT2D eigenvalue weighted by molar-refractivity contribution is 7.98. The Hall–Kier alpha value is -0.830. The summed E-state index contributed by atoms with van der Waals surface area (Å²) in [7, 11) is 0. The Balaban J connectivity index is 2.15. The highest BCUT2D eigenvalue weighted by Gasteiger charge is 2.10. The van der Waals surface area contributed by atoms with Gasteiger partial charge >= 0.3 is 0 Å². The zero-order valence-electron chi connectivity index (χ0n) is 9.82. The van der Waals surface area contributed by atoms with E-state index in [9.17, 15) is 0 Å². The molecule has 0 atom stereocenters. The molecule has 2 rings (SSSR count). The van der Waals surface area contributed by atoms with Crippen molar-refractivity contribution >= 4 is 35.0 Å². The molecule has 0 amide bonds. The lowest BCUT2D eigenvalue weighted by Crippen LogP contribution is -1.96. The molecule has 0 aromatic heterocycles. The SMILES string of the molecule is CSc1c(Cl)ccc(OCc2ccccc2)c1Cl. The second-order valence-corrected chi connectivity index (χ2v) is 5.27. The first kappa shape index (κ1) is 13.6. The van der Waals surface area contributed by atoms with Crippen molar-refractivity contribution in [2.24, 2.45) is 0 Å². The van der Waals surface area contributed by atoms with Gasteiger partial charge in [0.05, 0.1) is 10.0 Å². The Bertz CT molecular complexity index is 529. The summed E-state index contributed by atoms with van der Waals surface area (Å²) in [6.45, 7) is 0.496. The molecule has 94 valence electrons. The van der Waals surface area contributed by atoms with E-state index in [4.69, 9.17) is 27.9 Å². The quantitative estimate of drug-likeness (QED) is 0.709. The minimum Gasteiger partial charge on any atom is -0.487 e. The van der Waals surface area contributed by atoms with Crippen LogP contribution in [0.25, 0.3) is 0 Å². The minimum absolute atomic E-state index is 0.496. The van der Waals surface area contributed by atoms with E-state index in [2.05, 4.69) is 0 Å². The predicted molar refractivity (Wildman–Crippen MR) is 79.0 cm³/mol. The van der Waals surface area contributed by atoms with E-state index < -0.39 is 0 Å². The van der Waals surface area contributed by atoms with Crippen LogP contribution in [-0.2, 0) is 6.61 Å². The molecular weight excluding hydrogens is 287 g/mol. The third kappa shape index (κ3) is 3.14. The highest BCUT2D eigenvalue weighted by atomic mass is 35.5. The standard InChI is InChI=1S/C14H12Cl2OS/c1-18-14-11(15)7-8-12(13(14)16)17-9-10-5-3-2-4-6-10/h2-8H,9H2,1H3. The van der Waals surface area contributed by atoms with E-state index in [1.54, 1.807) is 12.1 Å². The smallest absolute Gasteiger partial charge is 0.139 e. The van der Waals surface area contributed by atoms with Gasteiger partial charge in [0.25, 0.3) is 0 Å². The zero-order chi connectivity index (χ0) is 13.0. The lowest BCUT2D eigenvalue weighted by Gasteiger charge is -2.11. The van der Waals surface area contributed by atoms with Crippen LogP contribution in [0, 0.1) is 0 Å². The molecule has 0 aliphatic heterocycles. The molecule has 0 saturated heterocycles. The summed E-state index contributed by atoms with van der Waals surface area (Å²) in [6.07, 6.45) is 1.94. The van der Waals surface area contributed by atoms with Crippen LogP contribution < -0.4 is 4.74 Å². The fourth-order valence-electron chi connectivity index (χ4n) is 1.55. The second kappa shape index (κ2) is 6.37. The summed E-state index contributed by atoms with van der Waals surface area (Å²) in [6, 6.07) is 13.6. The van der Waals surface area contributed by atoms with E-state index >= 15 is 0 Å². The number of halogens is 2. The van der Waals surface area contributed by atoms with Gasteiger partial charge in [-0.3, -0.25) is 0 Å². The fraction of sp³-hybridized carbons (Fsp3) is 0.143. The van der Waals surface area contributed by atoms with Gasteiger partial charge in [-0.25, -0.2) is 0 Å². The van der Waals surface area contributed by atoms with Crippen LogP contribution >= 0.6 is 35.0 Å². The van der Waals surface area contributed by atoms with Crippen molar-refractivity contribution in [3.05, 3.63) is 58.1 Å². The first-order chi connectivity index (χ1) is 8.72. The van der Waals surface area contributed by atoms with Crippen molar-refractivity contribution < 1.29 is 4.74 Å². The zero-order valence-corrected chi connectivity index (χ0v) is 12.1. The summed E-state index contributed by atoms with van der Waals surface area (Å²) in [5, 5.41) is 1.23. The molecule has 0 saturated carbocycles. The molecule has 0 unspecified atom stereocenters. The Morgan fingerprint density at radius 1 is 1.06 bits per heavy atom. The van der Waals surface area contributed by atoms with Crippen molar-refractivity contribution in [1.29, 1.82) is 0 Å². The maximum absolute atomic E-state index is 6.25. The summed E-state index contributed by atoms with van der Waals surface area (Å²) in [4.78, 5) is 0.851. The summed E-state index contributed by atoms with van der Waals surface area (Å²) in [5.41, 5.74) is 1.11. The van der Waals surface area contributed by atoms with Crippen LogP contribution in [0.2, 0.25) is 10.0 Å². The molecule has 4 heteroatoms. The van der Waals surface area contributed by atoms with Crippen molar-refractivity contribution in [2.75, 3.05) is 6.26 Å². The molecule has 0 aliphatic carbocycles. The van der Waals surface area contributed by atoms with Crippen LogP contribution in [0.4, 0.5) is 0 Å². The third-order valence-corrected chi connectivity index (χ3v) is 4.20. The molecule has 2 aromatic carbocycles. The fourth-order valence-corrected chi connectivity index (χ4v) is 2.98. The topological polar surface area (TPSA) is 9.23 Å². The third-order valence-electron chi connectivity index (χ3n) is 2.45. The van der Waals surface area contributed by atoms with Gasteiger partial charge in [-0.2, -0.15) is 0 Å². The molecule has 1 nitrogen and oxygen atoms in total. The minimum atomic E-state index is 0.496. The number of rotatable bonds is 4. The molecule has 0 aliphatic rings. The van der Waals surface area contributed by atoms with E-state index in [0.29, 0.717) is 22.4 Å². The van der Waals surface area contributed by atoms with Crippen molar-refractivity contribution in [2.45, 2.75) is 11.5 Å². The Labute approximate surface area is 121 Å². The molecule has 0 bridgehead atoms.